The maximum Gasteiger partial charge on any atom is 0.261 e. The molecule has 0 aliphatic rings. The van der Waals surface area contributed by atoms with Gasteiger partial charge < -0.3 is 9.64 Å². The summed E-state index contributed by atoms with van der Waals surface area (Å²) in [5, 5.41) is 0. The van der Waals surface area contributed by atoms with E-state index in [1.165, 1.54) is 24.3 Å². The molecule has 3 aromatic rings. The first kappa shape index (κ1) is 22.4. The highest BCUT2D eigenvalue weighted by Crippen LogP contribution is 2.20. The summed E-state index contributed by atoms with van der Waals surface area (Å²) in [5.41, 5.74) is 3.00. The summed E-state index contributed by atoms with van der Waals surface area (Å²) in [6, 6.07) is 20.7. The predicted molar refractivity (Wildman–Crippen MR) is 122 cm³/mol. The van der Waals surface area contributed by atoms with Crippen molar-refractivity contribution in [2.75, 3.05) is 24.9 Å². The number of nitrogens with one attached hydrogen (secondary N) is 1. The number of sulfonamides is 1. The van der Waals surface area contributed by atoms with Crippen molar-refractivity contribution in [2.45, 2.75) is 18.7 Å². The fraction of sp³-hybridized carbons (Fsp3) is 0.208. The Hall–Kier alpha value is -3.32. The van der Waals surface area contributed by atoms with Gasteiger partial charge in [0.25, 0.3) is 15.9 Å². The van der Waals surface area contributed by atoms with Crippen LogP contribution in [-0.2, 0) is 10.0 Å². The molecule has 0 atom stereocenters. The van der Waals surface area contributed by atoms with Crippen molar-refractivity contribution < 1.29 is 17.9 Å². The number of ether oxygens (including phenoxy) is 1. The van der Waals surface area contributed by atoms with Crippen molar-refractivity contribution in [1.82, 2.24) is 4.90 Å². The molecule has 0 heterocycles. The lowest BCUT2D eigenvalue weighted by Crippen LogP contribution is -2.30. The zero-order chi connectivity index (χ0) is 22.4. The van der Waals surface area contributed by atoms with Crippen LogP contribution < -0.4 is 9.46 Å². The number of benzene rings is 3. The summed E-state index contributed by atoms with van der Waals surface area (Å²) in [4.78, 5) is 14.2. The number of carbonyl (C=O) groups excluding carboxylic acids is 1. The van der Waals surface area contributed by atoms with Gasteiger partial charge in [0.15, 0.2) is 0 Å². The highest BCUT2D eigenvalue weighted by Gasteiger charge is 2.17. The minimum absolute atomic E-state index is 0.0948. The standard InChI is InChI=1S/C24H26N2O4S/c1-18-9-12-21(17-19(18)2)25-31(28,29)23-13-10-20(11-14-23)24(27)26(3)15-16-30-22-7-5-4-6-8-22/h4-14,17,25H,15-16H2,1-3H3. The van der Waals surface area contributed by atoms with E-state index in [1.807, 2.05) is 50.2 Å². The van der Waals surface area contributed by atoms with Crippen LogP contribution in [0.1, 0.15) is 21.5 Å². The molecule has 0 radical (unpaired) electrons. The molecule has 31 heavy (non-hydrogen) atoms. The van der Waals surface area contributed by atoms with Crippen molar-refractivity contribution in [3.63, 3.8) is 0 Å². The SMILES string of the molecule is Cc1ccc(NS(=O)(=O)c2ccc(C(=O)N(C)CCOc3ccccc3)cc2)cc1C. The smallest absolute Gasteiger partial charge is 0.261 e. The van der Waals surface area contributed by atoms with Crippen LogP contribution in [-0.4, -0.2) is 39.4 Å². The minimum atomic E-state index is -3.75. The molecule has 0 saturated heterocycles. The Balaban J connectivity index is 1.61. The summed E-state index contributed by atoms with van der Waals surface area (Å²) >= 11 is 0. The summed E-state index contributed by atoms with van der Waals surface area (Å²) in [6.07, 6.45) is 0. The number of likely N-dealkylation sites (N-methyl/N-ethyl adjacent to an activating group) is 1. The Kier molecular flexibility index (Phi) is 6.97. The zero-order valence-corrected chi connectivity index (χ0v) is 18.6. The summed E-state index contributed by atoms with van der Waals surface area (Å²) in [6.45, 7) is 4.66. The third-order valence-electron chi connectivity index (χ3n) is 4.96. The molecule has 0 aromatic heterocycles. The van der Waals surface area contributed by atoms with Gasteiger partial charge in [-0.1, -0.05) is 24.3 Å². The van der Waals surface area contributed by atoms with Gasteiger partial charge in [-0.25, -0.2) is 8.42 Å². The third kappa shape index (κ3) is 5.86. The number of carbonyl (C=O) groups is 1. The lowest BCUT2D eigenvalue weighted by molar-refractivity contribution is 0.0773. The quantitative estimate of drug-likeness (QED) is 0.570. The Morgan fingerprint density at radius 3 is 2.26 bits per heavy atom. The Bertz CT molecular complexity index is 1140. The van der Waals surface area contributed by atoms with Crippen LogP contribution in [0.3, 0.4) is 0 Å². The number of para-hydroxylation sites is 1. The average Bonchev–Trinajstić information content (AvgIpc) is 2.76. The van der Waals surface area contributed by atoms with Gasteiger partial charge in [0, 0.05) is 18.3 Å². The zero-order valence-electron chi connectivity index (χ0n) is 17.8. The van der Waals surface area contributed by atoms with Gasteiger partial charge in [0.1, 0.15) is 12.4 Å². The van der Waals surface area contributed by atoms with E-state index in [9.17, 15) is 13.2 Å². The van der Waals surface area contributed by atoms with Gasteiger partial charge >= 0.3 is 0 Å². The van der Waals surface area contributed by atoms with Gasteiger partial charge in [-0.15, -0.1) is 0 Å². The van der Waals surface area contributed by atoms with E-state index in [0.29, 0.717) is 24.4 Å². The second kappa shape index (κ2) is 9.66. The molecule has 6 nitrogen and oxygen atoms in total. The summed E-state index contributed by atoms with van der Waals surface area (Å²) < 4.78 is 33.5. The van der Waals surface area contributed by atoms with Crippen LogP contribution in [0.4, 0.5) is 5.69 Å². The Labute approximate surface area is 183 Å². The normalized spacial score (nSPS) is 11.1. The van der Waals surface area contributed by atoms with E-state index < -0.39 is 10.0 Å². The van der Waals surface area contributed by atoms with E-state index in [2.05, 4.69) is 4.72 Å². The van der Waals surface area contributed by atoms with Gasteiger partial charge in [-0.2, -0.15) is 0 Å². The maximum absolute atomic E-state index is 12.7. The number of hydrogen-bond donors (Lipinski definition) is 1. The molecule has 1 amide bonds. The van der Waals surface area contributed by atoms with Gasteiger partial charge in [0.2, 0.25) is 0 Å². The highest BCUT2D eigenvalue weighted by molar-refractivity contribution is 7.92. The lowest BCUT2D eigenvalue weighted by Gasteiger charge is -2.18. The Morgan fingerprint density at radius 1 is 0.935 bits per heavy atom. The average molecular weight is 439 g/mol. The fourth-order valence-corrected chi connectivity index (χ4v) is 3.98. The molecule has 7 heteroatoms. The summed E-state index contributed by atoms with van der Waals surface area (Å²) in [5.74, 6) is 0.539. The van der Waals surface area contributed by atoms with Crippen LogP contribution in [0.5, 0.6) is 5.75 Å². The molecular formula is C24H26N2O4S. The molecule has 0 aliphatic carbocycles. The molecule has 0 fully saturated rings. The second-order valence-corrected chi connectivity index (χ2v) is 9.00. The molecule has 0 spiro atoms. The molecular weight excluding hydrogens is 412 g/mol. The predicted octanol–water partition coefficient (Wildman–Crippen LogP) is 4.26. The van der Waals surface area contributed by atoms with Crippen molar-refractivity contribution in [2.24, 2.45) is 0 Å². The van der Waals surface area contributed by atoms with Gasteiger partial charge in [-0.3, -0.25) is 9.52 Å². The lowest BCUT2D eigenvalue weighted by atomic mass is 10.1. The number of hydrogen-bond acceptors (Lipinski definition) is 4. The highest BCUT2D eigenvalue weighted by atomic mass is 32.2. The third-order valence-corrected chi connectivity index (χ3v) is 6.35. The van der Waals surface area contributed by atoms with Crippen LogP contribution in [0.25, 0.3) is 0 Å². The fourth-order valence-electron chi connectivity index (χ4n) is 2.93. The molecule has 0 aliphatic heterocycles. The van der Waals surface area contributed by atoms with Crippen molar-refractivity contribution in [3.05, 3.63) is 89.5 Å². The molecule has 162 valence electrons. The molecule has 0 bridgehead atoms. The van der Waals surface area contributed by atoms with Crippen LogP contribution in [0.2, 0.25) is 0 Å². The van der Waals surface area contributed by atoms with Gasteiger partial charge in [0.05, 0.1) is 11.4 Å². The number of aryl methyl sites for hydroxylation is 2. The minimum Gasteiger partial charge on any atom is -0.492 e. The van der Waals surface area contributed by atoms with E-state index in [4.69, 9.17) is 4.74 Å². The summed E-state index contributed by atoms with van der Waals surface area (Å²) in [7, 11) is -2.06. The first-order valence-corrected chi connectivity index (χ1v) is 11.4. The molecule has 0 unspecified atom stereocenters. The molecule has 3 rings (SSSR count). The van der Waals surface area contributed by atoms with Crippen LogP contribution in [0, 0.1) is 13.8 Å². The van der Waals surface area contributed by atoms with E-state index in [1.54, 1.807) is 24.1 Å². The van der Waals surface area contributed by atoms with Crippen LogP contribution >= 0.6 is 0 Å². The number of amides is 1. The first-order chi connectivity index (χ1) is 14.8. The van der Waals surface area contributed by atoms with E-state index in [-0.39, 0.29) is 10.8 Å². The maximum atomic E-state index is 12.7. The first-order valence-electron chi connectivity index (χ1n) is 9.90. The monoisotopic (exact) mass is 438 g/mol. The van der Waals surface area contributed by atoms with E-state index >= 15 is 0 Å². The number of nitrogens with zero attached hydrogens (tertiary/aromatic N) is 1. The van der Waals surface area contributed by atoms with Crippen molar-refractivity contribution in [3.8, 4) is 5.75 Å². The number of anilines is 1. The topological polar surface area (TPSA) is 75.7 Å². The molecule has 3 aromatic carbocycles. The van der Waals surface area contributed by atoms with Crippen LogP contribution in [0.15, 0.2) is 77.7 Å². The Morgan fingerprint density at radius 2 is 1.61 bits per heavy atom. The van der Waals surface area contributed by atoms with Crippen molar-refractivity contribution in [1.29, 1.82) is 0 Å². The number of rotatable bonds is 8. The largest absolute Gasteiger partial charge is 0.492 e. The van der Waals surface area contributed by atoms with Crippen molar-refractivity contribution >= 4 is 21.6 Å². The van der Waals surface area contributed by atoms with Gasteiger partial charge in [-0.05, 0) is 73.5 Å². The second-order valence-electron chi connectivity index (χ2n) is 7.32. The molecule has 1 N–H and O–H groups in total. The van der Waals surface area contributed by atoms with E-state index in [0.717, 1.165) is 16.9 Å². The molecule has 0 saturated carbocycles.